The first kappa shape index (κ1) is 20.8. The number of aromatic nitrogens is 2. The average molecular weight is 440 g/mol. The minimum Gasteiger partial charge on any atom is -0.493 e. The number of esters is 1. The van der Waals surface area contributed by atoms with Gasteiger partial charge in [-0.2, -0.15) is 5.10 Å². The molecule has 9 heteroatoms. The molecule has 0 aliphatic carbocycles. The molecular weight excluding hydrogens is 418 g/mol. The number of carbonyl (C=O) groups is 2. The van der Waals surface area contributed by atoms with Crippen molar-refractivity contribution in [2.24, 2.45) is 7.05 Å². The molecule has 1 aromatic carbocycles. The predicted octanol–water partition coefficient (Wildman–Crippen LogP) is 2.54. The largest absolute Gasteiger partial charge is 0.493 e. The number of ether oxygens (including phenoxy) is 3. The Hall–Kier alpha value is -2.55. The summed E-state index contributed by atoms with van der Waals surface area (Å²) in [5, 5.41) is 6.94. The van der Waals surface area contributed by atoms with Crippen molar-refractivity contribution in [3.63, 3.8) is 0 Å². The average Bonchev–Trinajstić information content (AvgIpc) is 2.87. The minimum absolute atomic E-state index is 0.0147. The second-order valence-corrected chi connectivity index (χ2v) is 6.71. The number of hydrogen-bond donors (Lipinski definition) is 1. The summed E-state index contributed by atoms with van der Waals surface area (Å²) in [5.41, 5.74) is 2.81. The lowest BCUT2D eigenvalue weighted by Crippen LogP contribution is -2.22. The van der Waals surface area contributed by atoms with Crippen LogP contribution in [0.3, 0.4) is 0 Å². The van der Waals surface area contributed by atoms with Crippen LogP contribution in [-0.2, 0) is 27.8 Å². The van der Waals surface area contributed by atoms with E-state index in [4.69, 9.17) is 14.2 Å². The SMILES string of the molecule is COc1cc(Br)c(CC(=O)OCC(=O)Nc2c(C)nn(C)c2C)cc1OC. The maximum absolute atomic E-state index is 12.1. The highest BCUT2D eigenvalue weighted by Gasteiger charge is 2.16. The van der Waals surface area contributed by atoms with Gasteiger partial charge in [0.05, 0.1) is 37.7 Å². The van der Waals surface area contributed by atoms with Crippen LogP contribution >= 0.6 is 15.9 Å². The zero-order valence-electron chi connectivity index (χ0n) is 15.9. The molecule has 8 nitrogen and oxygen atoms in total. The molecule has 27 heavy (non-hydrogen) atoms. The van der Waals surface area contributed by atoms with Crippen LogP contribution in [0.4, 0.5) is 5.69 Å². The molecule has 0 atom stereocenters. The van der Waals surface area contributed by atoms with Crippen molar-refractivity contribution in [3.05, 3.63) is 33.6 Å². The number of methoxy groups -OCH3 is 2. The van der Waals surface area contributed by atoms with Gasteiger partial charge >= 0.3 is 5.97 Å². The second kappa shape index (κ2) is 8.90. The molecule has 1 N–H and O–H groups in total. The highest BCUT2D eigenvalue weighted by atomic mass is 79.9. The monoisotopic (exact) mass is 439 g/mol. The minimum atomic E-state index is -0.530. The molecule has 0 spiro atoms. The van der Waals surface area contributed by atoms with Gasteiger partial charge in [-0.15, -0.1) is 0 Å². The molecule has 146 valence electrons. The molecule has 0 unspecified atom stereocenters. The van der Waals surface area contributed by atoms with Crippen molar-refractivity contribution < 1.29 is 23.8 Å². The zero-order valence-corrected chi connectivity index (χ0v) is 17.5. The number of halogens is 1. The Morgan fingerprint density at radius 3 is 2.37 bits per heavy atom. The van der Waals surface area contributed by atoms with Crippen molar-refractivity contribution >= 4 is 33.5 Å². The summed E-state index contributed by atoms with van der Waals surface area (Å²) in [6.07, 6.45) is -0.0147. The molecule has 0 saturated heterocycles. The Balaban J connectivity index is 1.95. The van der Waals surface area contributed by atoms with Crippen LogP contribution in [0, 0.1) is 13.8 Å². The van der Waals surface area contributed by atoms with Crippen molar-refractivity contribution in [3.8, 4) is 11.5 Å². The normalized spacial score (nSPS) is 10.4. The number of nitrogens with zero attached hydrogens (tertiary/aromatic N) is 2. The molecule has 0 radical (unpaired) electrons. The standard InChI is InChI=1S/C18H22BrN3O5/c1-10-18(11(2)22(3)21-10)20-16(23)9-27-17(24)7-12-6-14(25-4)15(26-5)8-13(12)19/h6,8H,7,9H2,1-5H3,(H,20,23). The smallest absolute Gasteiger partial charge is 0.310 e. The van der Waals surface area contributed by atoms with E-state index in [0.717, 1.165) is 5.69 Å². The molecule has 1 aromatic heterocycles. The molecule has 0 aliphatic rings. The van der Waals surface area contributed by atoms with Crippen LogP contribution in [0.25, 0.3) is 0 Å². The van der Waals surface area contributed by atoms with Crippen LogP contribution in [0.15, 0.2) is 16.6 Å². The van der Waals surface area contributed by atoms with Crippen LogP contribution in [0.1, 0.15) is 17.0 Å². The maximum atomic E-state index is 12.1. The predicted molar refractivity (Wildman–Crippen MR) is 103 cm³/mol. The first-order valence-corrected chi connectivity index (χ1v) is 8.92. The van der Waals surface area contributed by atoms with Gasteiger partial charge in [-0.3, -0.25) is 14.3 Å². The van der Waals surface area contributed by atoms with Gasteiger partial charge < -0.3 is 19.5 Å². The third-order valence-electron chi connectivity index (χ3n) is 4.03. The molecule has 1 heterocycles. The summed E-state index contributed by atoms with van der Waals surface area (Å²) >= 11 is 3.39. The molecule has 2 rings (SSSR count). The molecule has 2 aromatic rings. The molecule has 0 fully saturated rings. The maximum Gasteiger partial charge on any atom is 0.310 e. The van der Waals surface area contributed by atoms with Gasteiger partial charge in [-0.25, -0.2) is 0 Å². The summed E-state index contributed by atoms with van der Waals surface area (Å²) < 4.78 is 17.9. The number of benzene rings is 1. The molecule has 1 amide bonds. The number of carbonyl (C=O) groups excluding carboxylic acids is 2. The van der Waals surface area contributed by atoms with E-state index in [1.54, 1.807) is 30.8 Å². The van der Waals surface area contributed by atoms with Crippen molar-refractivity contribution in [2.75, 3.05) is 26.1 Å². The van der Waals surface area contributed by atoms with E-state index >= 15 is 0 Å². The number of nitrogens with one attached hydrogen (secondary N) is 1. The summed E-state index contributed by atoms with van der Waals surface area (Å²) in [5.74, 6) is 0.0958. The van der Waals surface area contributed by atoms with Crippen molar-refractivity contribution in [2.45, 2.75) is 20.3 Å². The van der Waals surface area contributed by atoms with Gasteiger partial charge in [0.2, 0.25) is 0 Å². The molecule has 0 saturated carbocycles. The third kappa shape index (κ3) is 5.00. The summed E-state index contributed by atoms with van der Waals surface area (Å²) in [6, 6.07) is 3.40. The second-order valence-electron chi connectivity index (χ2n) is 5.85. The Kier molecular flexibility index (Phi) is 6.84. The molecule has 0 bridgehead atoms. The Bertz CT molecular complexity index is 863. The van der Waals surface area contributed by atoms with E-state index in [2.05, 4.69) is 26.3 Å². The van der Waals surface area contributed by atoms with E-state index in [-0.39, 0.29) is 13.0 Å². The fourth-order valence-electron chi connectivity index (χ4n) is 2.51. The lowest BCUT2D eigenvalue weighted by atomic mass is 10.1. The summed E-state index contributed by atoms with van der Waals surface area (Å²) in [4.78, 5) is 24.2. The van der Waals surface area contributed by atoms with Crippen molar-refractivity contribution in [1.29, 1.82) is 0 Å². The van der Waals surface area contributed by atoms with Crippen LogP contribution < -0.4 is 14.8 Å². The van der Waals surface area contributed by atoms with E-state index in [0.29, 0.717) is 32.9 Å². The fourth-order valence-corrected chi connectivity index (χ4v) is 2.98. The van der Waals surface area contributed by atoms with Gasteiger partial charge in [0.25, 0.3) is 5.91 Å². The summed E-state index contributed by atoms with van der Waals surface area (Å²) in [6.45, 7) is 3.26. The van der Waals surface area contributed by atoms with Gasteiger partial charge in [0, 0.05) is 11.5 Å². The Labute approximate surface area is 165 Å². The summed E-state index contributed by atoms with van der Waals surface area (Å²) in [7, 11) is 4.84. The highest BCUT2D eigenvalue weighted by Crippen LogP contribution is 2.33. The van der Waals surface area contributed by atoms with Gasteiger partial charge in [-0.05, 0) is 31.5 Å². The van der Waals surface area contributed by atoms with Crippen LogP contribution in [0.5, 0.6) is 11.5 Å². The molecular formula is C18H22BrN3O5. The Morgan fingerprint density at radius 1 is 1.19 bits per heavy atom. The topological polar surface area (TPSA) is 91.7 Å². The number of rotatable bonds is 7. The zero-order chi connectivity index (χ0) is 20.1. The third-order valence-corrected chi connectivity index (χ3v) is 4.76. The number of hydrogen-bond acceptors (Lipinski definition) is 6. The van der Waals surface area contributed by atoms with Crippen LogP contribution in [0.2, 0.25) is 0 Å². The quantitative estimate of drug-likeness (QED) is 0.666. The highest BCUT2D eigenvalue weighted by molar-refractivity contribution is 9.10. The first-order valence-electron chi connectivity index (χ1n) is 8.12. The van der Waals surface area contributed by atoms with E-state index in [1.165, 1.54) is 14.2 Å². The number of aryl methyl sites for hydroxylation is 2. The van der Waals surface area contributed by atoms with Gasteiger partial charge in [-0.1, -0.05) is 15.9 Å². The molecule has 0 aliphatic heterocycles. The van der Waals surface area contributed by atoms with E-state index < -0.39 is 11.9 Å². The van der Waals surface area contributed by atoms with E-state index in [9.17, 15) is 9.59 Å². The number of amides is 1. The van der Waals surface area contributed by atoms with Gasteiger partial charge in [0.1, 0.15) is 0 Å². The van der Waals surface area contributed by atoms with Gasteiger partial charge in [0.15, 0.2) is 18.1 Å². The lowest BCUT2D eigenvalue weighted by molar-refractivity contribution is -0.146. The Morgan fingerprint density at radius 2 is 1.81 bits per heavy atom. The first-order chi connectivity index (χ1) is 12.8. The van der Waals surface area contributed by atoms with Crippen LogP contribution in [-0.4, -0.2) is 42.5 Å². The number of anilines is 1. The lowest BCUT2D eigenvalue weighted by Gasteiger charge is -2.12. The fraction of sp³-hybridized carbons (Fsp3) is 0.389. The van der Waals surface area contributed by atoms with E-state index in [1.807, 2.05) is 6.92 Å². The van der Waals surface area contributed by atoms with Crippen molar-refractivity contribution in [1.82, 2.24) is 9.78 Å².